The zero-order chi connectivity index (χ0) is 17.1. The van der Waals surface area contributed by atoms with Crippen LogP contribution >= 0.6 is 0 Å². The molecule has 1 heterocycles. The van der Waals surface area contributed by atoms with Crippen LogP contribution in [0.4, 0.5) is 4.39 Å². The van der Waals surface area contributed by atoms with Gasteiger partial charge in [-0.2, -0.15) is 0 Å². The molecule has 23 heavy (non-hydrogen) atoms. The number of benzene rings is 1. The Morgan fingerprint density at radius 3 is 2.43 bits per heavy atom. The normalized spacial score (nSPS) is 19.3. The predicted octanol–water partition coefficient (Wildman–Crippen LogP) is 2.36. The van der Waals surface area contributed by atoms with Crippen LogP contribution in [-0.4, -0.2) is 31.7 Å². The summed E-state index contributed by atoms with van der Waals surface area (Å²) in [5.41, 5.74) is 5.97. The Morgan fingerprint density at radius 1 is 1.35 bits per heavy atom. The maximum Gasteiger partial charge on any atom is 0.225 e. The van der Waals surface area contributed by atoms with Gasteiger partial charge in [0.1, 0.15) is 5.82 Å². The fourth-order valence-corrected chi connectivity index (χ4v) is 3.01. The molecule has 1 fully saturated rings. The second-order valence-electron chi connectivity index (χ2n) is 7.09. The molecule has 1 atom stereocenters. The minimum absolute atomic E-state index is 0.104. The summed E-state index contributed by atoms with van der Waals surface area (Å²) in [6.07, 6.45) is 1.30. The smallest absolute Gasteiger partial charge is 0.225 e. The van der Waals surface area contributed by atoms with Gasteiger partial charge in [-0.3, -0.25) is 4.79 Å². The first-order chi connectivity index (χ1) is 10.8. The first-order valence-electron chi connectivity index (χ1n) is 8.15. The van der Waals surface area contributed by atoms with Gasteiger partial charge in [-0.1, -0.05) is 26.0 Å². The van der Waals surface area contributed by atoms with E-state index in [2.05, 4.69) is 26.1 Å². The van der Waals surface area contributed by atoms with Gasteiger partial charge in [-0.05, 0) is 37.5 Å². The highest BCUT2D eigenvalue weighted by molar-refractivity contribution is 5.81. The number of primary amides is 1. The van der Waals surface area contributed by atoms with Crippen LogP contribution < -0.4 is 11.1 Å². The molecule has 0 aromatic heterocycles. The van der Waals surface area contributed by atoms with E-state index in [4.69, 9.17) is 10.5 Å². The average Bonchev–Trinajstić information content (AvgIpc) is 2.53. The molecule has 5 heteroatoms. The molecule has 1 aliphatic heterocycles. The molecule has 1 aromatic carbocycles. The average molecular weight is 322 g/mol. The SMILES string of the molecule is C[C@H](NCC1(C(N)=O)CCOCC1)C(C)(C)c1ccc(F)cc1. The first-order valence-corrected chi connectivity index (χ1v) is 8.15. The topological polar surface area (TPSA) is 64.3 Å². The number of hydrogen-bond donors (Lipinski definition) is 2. The second-order valence-corrected chi connectivity index (χ2v) is 7.09. The molecule has 0 bridgehead atoms. The summed E-state index contributed by atoms with van der Waals surface area (Å²) in [4.78, 5) is 11.9. The van der Waals surface area contributed by atoms with Crippen molar-refractivity contribution in [2.75, 3.05) is 19.8 Å². The van der Waals surface area contributed by atoms with Gasteiger partial charge in [-0.15, -0.1) is 0 Å². The summed E-state index contributed by atoms with van der Waals surface area (Å²) >= 11 is 0. The molecule has 3 N–H and O–H groups in total. The number of carbonyl (C=O) groups is 1. The van der Waals surface area contributed by atoms with Crippen LogP contribution in [0.2, 0.25) is 0 Å². The van der Waals surface area contributed by atoms with Crippen molar-refractivity contribution < 1.29 is 13.9 Å². The highest BCUT2D eigenvalue weighted by atomic mass is 19.1. The van der Waals surface area contributed by atoms with E-state index < -0.39 is 5.41 Å². The van der Waals surface area contributed by atoms with Crippen molar-refractivity contribution in [3.05, 3.63) is 35.6 Å². The van der Waals surface area contributed by atoms with Crippen LogP contribution in [0, 0.1) is 11.2 Å². The Hall–Kier alpha value is -1.46. The fraction of sp³-hybridized carbons (Fsp3) is 0.611. The van der Waals surface area contributed by atoms with Gasteiger partial charge in [0.15, 0.2) is 0 Å². The molecule has 0 aliphatic carbocycles. The third-order valence-electron chi connectivity index (χ3n) is 5.39. The number of nitrogens with one attached hydrogen (secondary N) is 1. The van der Waals surface area contributed by atoms with Crippen molar-refractivity contribution in [1.29, 1.82) is 0 Å². The number of halogens is 1. The molecule has 4 nitrogen and oxygen atoms in total. The Kier molecular flexibility index (Phi) is 5.42. The number of nitrogens with two attached hydrogens (primary N) is 1. The number of amides is 1. The molecule has 2 rings (SSSR count). The lowest BCUT2D eigenvalue weighted by molar-refractivity contribution is -0.133. The third-order valence-corrected chi connectivity index (χ3v) is 5.39. The maximum atomic E-state index is 13.1. The molecule has 0 saturated carbocycles. The highest BCUT2D eigenvalue weighted by Gasteiger charge is 2.39. The van der Waals surface area contributed by atoms with Crippen LogP contribution in [0.3, 0.4) is 0 Å². The van der Waals surface area contributed by atoms with E-state index in [1.807, 2.05) is 12.1 Å². The van der Waals surface area contributed by atoms with Crippen LogP contribution in [0.1, 0.15) is 39.2 Å². The zero-order valence-electron chi connectivity index (χ0n) is 14.2. The van der Waals surface area contributed by atoms with Crippen molar-refractivity contribution in [3.8, 4) is 0 Å². The minimum Gasteiger partial charge on any atom is -0.381 e. The second kappa shape index (κ2) is 6.97. The van der Waals surface area contributed by atoms with Gasteiger partial charge >= 0.3 is 0 Å². The summed E-state index contributed by atoms with van der Waals surface area (Å²) in [6.45, 7) is 7.98. The van der Waals surface area contributed by atoms with Gasteiger partial charge in [0.2, 0.25) is 5.91 Å². The maximum absolute atomic E-state index is 13.1. The van der Waals surface area contributed by atoms with Crippen molar-refractivity contribution in [2.45, 2.75) is 45.1 Å². The van der Waals surface area contributed by atoms with Gasteiger partial charge in [-0.25, -0.2) is 4.39 Å². The monoisotopic (exact) mass is 322 g/mol. The van der Waals surface area contributed by atoms with E-state index in [0.29, 0.717) is 32.6 Å². The molecule has 128 valence electrons. The molecule has 0 unspecified atom stereocenters. The number of carbonyl (C=O) groups excluding carboxylic acids is 1. The summed E-state index contributed by atoms with van der Waals surface area (Å²) in [5, 5.41) is 3.48. The summed E-state index contributed by atoms with van der Waals surface area (Å²) < 4.78 is 18.5. The minimum atomic E-state index is -0.536. The lowest BCUT2D eigenvalue weighted by atomic mass is 9.76. The van der Waals surface area contributed by atoms with Crippen LogP contribution in [0.15, 0.2) is 24.3 Å². The third kappa shape index (κ3) is 3.90. The molecule has 0 spiro atoms. The first kappa shape index (κ1) is 17.9. The van der Waals surface area contributed by atoms with E-state index >= 15 is 0 Å². The highest BCUT2D eigenvalue weighted by Crippen LogP contribution is 2.32. The molecular weight excluding hydrogens is 295 g/mol. The molecular formula is C18H27FN2O2. The van der Waals surface area contributed by atoms with E-state index in [9.17, 15) is 9.18 Å². The lowest BCUT2D eigenvalue weighted by Crippen LogP contribution is -2.53. The quantitative estimate of drug-likeness (QED) is 0.845. The fourth-order valence-electron chi connectivity index (χ4n) is 3.01. The Labute approximate surface area is 137 Å². The number of hydrogen-bond acceptors (Lipinski definition) is 3. The molecule has 1 aliphatic rings. The zero-order valence-corrected chi connectivity index (χ0v) is 14.2. The van der Waals surface area contributed by atoms with E-state index in [1.54, 1.807) is 0 Å². The predicted molar refractivity (Wildman–Crippen MR) is 88.6 cm³/mol. The molecule has 1 amide bonds. The molecule has 1 aromatic rings. The van der Waals surface area contributed by atoms with E-state index in [-0.39, 0.29) is 23.2 Å². The standard InChI is InChI=1S/C18H27FN2O2/c1-13(17(2,3)14-4-6-15(19)7-5-14)21-12-18(16(20)22)8-10-23-11-9-18/h4-7,13,21H,8-12H2,1-3H3,(H2,20,22)/t13-/m0/s1. The van der Waals surface area contributed by atoms with Crippen molar-refractivity contribution in [1.82, 2.24) is 5.32 Å². The Balaban J connectivity index is 2.06. The van der Waals surface area contributed by atoms with Crippen LogP contribution in [0.5, 0.6) is 0 Å². The molecule has 1 saturated heterocycles. The van der Waals surface area contributed by atoms with Crippen LogP contribution in [-0.2, 0) is 14.9 Å². The number of rotatable bonds is 6. The van der Waals surface area contributed by atoms with Gasteiger partial charge < -0.3 is 15.8 Å². The Morgan fingerprint density at radius 2 is 1.91 bits per heavy atom. The van der Waals surface area contributed by atoms with Crippen molar-refractivity contribution in [2.24, 2.45) is 11.1 Å². The Bertz CT molecular complexity index is 536. The van der Waals surface area contributed by atoms with E-state index in [0.717, 1.165) is 5.56 Å². The van der Waals surface area contributed by atoms with Gasteiger partial charge in [0, 0.05) is 31.2 Å². The van der Waals surface area contributed by atoms with Crippen molar-refractivity contribution in [3.63, 3.8) is 0 Å². The summed E-state index contributed by atoms with van der Waals surface area (Å²) in [5.74, 6) is -0.500. The molecule has 0 radical (unpaired) electrons. The lowest BCUT2D eigenvalue weighted by Gasteiger charge is -2.39. The number of ether oxygens (including phenoxy) is 1. The van der Waals surface area contributed by atoms with Crippen molar-refractivity contribution >= 4 is 5.91 Å². The van der Waals surface area contributed by atoms with Crippen LogP contribution in [0.25, 0.3) is 0 Å². The van der Waals surface area contributed by atoms with E-state index in [1.165, 1.54) is 12.1 Å². The van der Waals surface area contributed by atoms with Gasteiger partial charge in [0.05, 0.1) is 5.41 Å². The van der Waals surface area contributed by atoms with Gasteiger partial charge in [0.25, 0.3) is 0 Å². The largest absolute Gasteiger partial charge is 0.381 e. The summed E-state index contributed by atoms with van der Waals surface area (Å²) in [6, 6.07) is 6.69. The summed E-state index contributed by atoms with van der Waals surface area (Å²) in [7, 11) is 0.